The van der Waals surface area contributed by atoms with E-state index in [1.807, 2.05) is 0 Å². The van der Waals surface area contributed by atoms with Crippen molar-refractivity contribution in [1.82, 2.24) is 10.2 Å². The van der Waals surface area contributed by atoms with E-state index in [-0.39, 0.29) is 18.2 Å². The Morgan fingerprint density at radius 1 is 1.50 bits per heavy atom. The molecule has 0 aliphatic heterocycles. The number of benzene rings is 1. The third kappa shape index (κ3) is 3.09. The van der Waals surface area contributed by atoms with Crippen molar-refractivity contribution in [3.05, 3.63) is 45.7 Å². The second-order valence-electron chi connectivity index (χ2n) is 4.16. The molecule has 2 rings (SSSR count). The number of aliphatic hydroxyl groups is 1. The van der Waals surface area contributed by atoms with E-state index >= 15 is 0 Å². The van der Waals surface area contributed by atoms with E-state index in [0.29, 0.717) is 17.2 Å². The van der Waals surface area contributed by atoms with E-state index in [0.717, 1.165) is 0 Å². The summed E-state index contributed by atoms with van der Waals surface area (Å²) in [4.78, 5) is 10.2. The Labute approximate surface area is 114 Å². The smallest absolute Gasteiger partial charge is 0.270 e. The van der Waals surface area contributed by atoms with Crippen molar-refractivity contribution in [3.63, 3.8) is 0 Å². The van der Waals surface area contributed by atoms with Crippen molar-refractivity contribution >= 4 is 5.69 Å². The van der Waals surface area contributed by atoms with Gasteiger partial charge in [-0.2, -0.15) is 0 Å². The van der Waals surface area contributed by atoms with Crippen LogP contribution in [-0.4, -0.2) is 20.2 Å². The van der Waals surface area contributed by atoms with E-state index in [4.69, 9.17) is 9.15 Å². The van der Waals surface area contributed by atoms with Gasteiger partial charge in [0.25, 0.3) is 11.6 Å². The van der Waals surface area contributed by atoms with Gasteiger partial charge in [0.05, 0.1) is 11.0 Å². The molecule has 1 N–H and O–H groups in total. The number of non-ortho nitro benzene ring substituents is 1. The van der Waals surface area contributed by atoms with Crippen LogP contribution >= 0.6 is 0 Å². The molecule has 1 atom stereocenters. The molecule has 0 spiro atoms. The Kier molecular flexibility index (Phi) is 3.94. The highest BCUT2D eigenvalue weighted by Gasteiger charge is 2.16. The third-order valence-electron chi connectivity index (χ3n) is 2.57. The Balaban J connectivity index is 2.20. The highest BCUT2D eigenvalue weighted by Crippen LogP contribution is 2.29. The van der Waals surface area contributed by atoms with Crippen molar-refractivity contribution in [3.8, 4) is 5.75 Å². The van der Waals surface area contributed by atoms with Crippen molar-refractivity contribution in [2.24, 2.45) is 0 Å². The molecule has 1 aromatic heterocycles. The average Bonchev–Trinajstić information content (AvgIpc) is 2.81. The highest BCUT2D eigenvalue weighted by atomic mass is 16.6. The van der Waals surface area contributed by atoms with Crippen LogP contribution in [0, 0.1) is 17.0 Å². The first-order valence-electron chi connectivity index (χ1n) is 5.85. The van der Waals surface area contributed by atoms with Gasteiger partial charge in [0.2, 0.25) is 5.89 Å². The van der Waals surface area contributed by atoms with E-state index < -0.39 is 11.0 Å². The van der Waals surface area contributed by atoms with Crippen LogP contribution in [0.4, 0.5) is 5.69 Å². The van der Waals surface area contributed by atoms with Gasteiger partial charge in [0.1, 0.15) is 5.75 Å². The van der Waals surface area contributed by atoms with Crippen LogP contribution in [0.15, 0.2) is 22.6 Å². The second-order valence-corrected chi connectivity index (χ2v) is 4.16. The first-order valence-corrected chi connectivity index (χ1v) is 5.85. The molecule has 1 heterocycles. The lowest BCUT2D eigenvalue weighted by Crippen LogP contribution is -2.02. The number of hydrogen-bond donors (Lipinski definition) is 1. The van der Waals surface area contributed by atoms with Gasteiger partial charge in [-0.3, -0.25) is 10.1 Å². The van der Waals surface area contributed by atoms with Crippen molar-refractivity contribution in [2.45, 2.75) is 26.6 Å². The minimum atomic E-state index is -0.894. The predicted octanol–water partition coefficient (Wildman–Crippen LogP) is 1.92. The van der Waals surface area contributed by atoms with Crippen LogP contribution in [0.2, 0.25) is 0 Å². The Bertz CT molecular complexity index is 623. The van der Waals surface area contributed by atoms with Crippen LogP contribution in [0.3, 0.4) is 0 Å². The first-order chi connectivity index (χ1) is 9.47. The highest BCUT2D eigenvalue weighted by molar-refractivity contribution is 5.44. The Morgan fingerprint density at radius 2 is 2.25 bits per heavy atom. The summed E-state index contributed by atoms with van der Waals surface area (Å²) in [5.74, 6) is 1.04. The predicted molar refractivity (Wildman–Crippen MR) is 67.1 cm³/mol. The molecule has 0 saturated carbocycles. The summed E-state index contributed by atoms with van der Waals surface area (Å²) in [7, 11) is 0. The first kappa shape index (κ1) is 13.9. The quantitative estimate of drug-likeness (QED) is 0.657. The van der Waals surface area contributed by atoms with Crippen LogP contribution < -0.4 is 4.74 Å². The Morgan fingerprint density at radius 3 is 2.80 bits per heavy atom. The van der Waals surface area contributed by atoms with Crippen molar-refractivity contribution < 1.29 is 19.2 Å². The Hall–Kier alpha value is -2.48. The number of aromatic nitrogens is 2. The van der Waals surface area contributed by atoms with Gasteiger partial charge in [0, 0.05) is 24.6 Å². The molecule has 0 bridgehead atoms. The molecule has 0 fully saturated rings. The standard InChI is InChI=1S/C12H13N3O5/c1-7(16)10-5-9(15(17)18)3-4-11(10)19-6-12-14-13-8(2)20-12/h3-5,7,16H,6H2,1-2H3/t7-/m1/s1. The molecule has 0 radical (unpaired) electrons. The fourth-order valence-corrected chi connectivity index (χ4v) is 1.64. The van der Waals surface area contributed by atoms with Gasteiger partial charge < -0.3 is 14.3 Å². The van der Waals surface area contributed by atoms with Crippen molar-refractivity contribution in [1.29, 1.82) is 0 Å². The molecule has 0 unspecified atom stereocenters. The molecule has 20 heavy (non-hydrogen) atoms. The lowest BCUT2D eigenvalue weighted by atomic mass is 10.1. The molecule has 0 saturated heterocycles. The van der Waals surface area contributed by atoms with E-state index in [1.54, 1.807) is 6.92 Å². The van der Waals surface area contributed by atoms with E-state index in [9.17, 15) is 15.2 Å². The zero-order chi connectivity index (χ0) is 14.7. The van der Waals surface area contributed by atoms with Crippen LogP contribution in [0.1, 0.15) is 30.4 Å². The fraction of sp³-hybridized carbons (Fsp3) is 0.333. The number of nitro benzene ring substituents is 1. The molecule has 106 valence electrons. The van der Waals surface area contributed by atoms with Gasteiger partial charge in [-0.25, -0.2) is 0 Å². The van der Waals surface area contributed by atoms with Crippen LogP contribution in [0.25, 0.3) is 0 Å². The summed E-state index contributed by atoms with van der Waals surface area (Å²) in [5, 5.41) is 27.8. The lowest BCUT2D eigenvalue weighted by molar-refractivity contribution is -0.385. The van der Waals surface area contributed by atoms with Gasteiger partial charge in [-0.15, -0.1) is 10.2 Å². The zero-order valence-corrected chi connectivity index (χ0v) is 10.9. The molecule has 0 amide bonds. The maximum absolute atomic E-state index is 10.7. The van der Waals surface area contributed by atoms with Crippen molar-refractivity contribution in [2.75, 3.05) is 0 Å². The summed E-state index contributed by atoms with van der Waals surface area (Å²) in [6, 6.07) is 4.02. The molecular formula is C12H13N3O5. The van der Waals surface area contributed by atoms with E-state index in [2.05, 4.69) is 10.2 Å². The number of rotatable bonds is 5. The second kappa shape index (κ2) is 5.66. The molecule has 0 aliphatic carbocycles. The zero-order valence-electron chi connectivity index (χ0n) is 10.9. The maximum atomic E-state index is 10.7. The largest absolute Gasteiger partial charge is 0.483 e. The molecule has 8 heteroatoms. The van der Waals surface area contributed by atoms with Gasteiger partial charge in [0.15, 0.2) is 6.61 Å². The normalized spacial score (nSPS) is 12.2. The fourth-order valence-electron chi connectivity index (χ4n) is 1.64. The number of hydrogen-bond acceptors (Lipinski definition) is 7. The number of ether oxygens (including phenoxy) is 1. The average molecular weight is 279 g/mol. The third-order valence-corrected chi connectivity index (χ3v) is 2.57. The molecule has 8 nitrogen and oxygen atoms in total. The van der Waals surface area contributed by atoms with Gasteiger partial charge in [-0.05, 0) is 13.0 Å². The number of nitrogens with zero attached hydrogens (tertiary/aromatic N) is 3. The van der Waals surface area contributed by atoms with Crippen LogP contribution in [-0.2, 0) is 6.61 Å². The minimum absolute atomic E-state index is 0.0262. The molecule has 0 aliphatic rings. The summed E-state index contributed by atoms with van der Waals surface area (Å²) in [6.45, 7) is 3.19. The minimum Gasteiger partial charge on any atom is -0.483 e. The maximum Gasteiger partial charge on any atom is 0.270 e. The lowest BCUT2D eigenvalue weighted by Gasteiger charge is -2.12. The summed E-state index contributed by atoms with van der Waals surface area (Å²) < 4.78 is 10.6. The van der Waals surface area contributed by atoms with Gasteiger partial charge >= 0.3 is 0 Å². The molecule has 2 aromatic rings. The molecular weight excluding hydrogens is 266 g/mol. The SMILES string of the molecule is Cc1nnc(COc2ccc([N+](=O)[O-])cc2[C@@H](C)O)o1. The number of aliphatic hydroxyl groups excluding tert-OH is 1. The summed E-state index contributed by atoms with van der Waals surface area (Å²) in [6.07, 6.45) is -0.894. The monoisotopic (exact) mass is 279 g/mol. The summed E-state index contributed by atoms with van der Waals surface area (Å²) >= 11 is 0. The summed E-state index contributed by atoms with van der Waals surface area (Å²) in [5.41, 5.74) is 0.220. The topological polar surface area (TPSA) is 112 Å². The van der Waals surface area contributed by atoms with Crippen LogP contribution in [0.5, 0.6) is 5.75 Å². The van der Waals surface area contributed by atoms with E-state index in [1.165, 1.54) is 25.1 Å². The molecule has 1 aromatic carbocycles. The number of aryl methyl sites for hydroxylation is 1. The van der Waals surface area contributed by atoms with Gasteiger partial charge in [-0.1, -0.05) is 0 Å². The number of nitro groups is 1.